The highest BCUT2D eigenvalue weighted by atomic mass is 35.5. The second-order valence-corrected chi connectivity index (χ2v) is 3.89. The zero-order valence-electron chi connectivity index (χ0n) is 8.20. The molecule has 0 radical (unpaired) electrons. The molecule has 1 aromatic rings. The van der Waals surface area contributed by atoms with Crippen LogP contribution in [0, 0.1) is 0 Å². The number of benzene rings is 1. The smallest absolute Gasteiger partial charge is 0.323 e. The van der Waals surface area contributed by atoms with Gasteiger partial charge in [0.2, 0.25) is 0 Å². The van der Waals surface area contributed by atoms with E-state index >= 15 is 0 Å². The number of rotatable bonds is 2. The molecule has 0 amide bonds. The number of halogens is 1. The summed E-state index contributed by atoms with van der Waals surface area (Å²) in [4.78, 5) is 12.4. The van der Waals surface area contributed by atoms with E-state index in [1.54, 1.807) is 11.0 Å². The summed E-state index contributed by atoms with van der Waals surface area (Å²) in [6.45, 7) is 1.85. The van der Waals surface area contributed by atoms with E-state index in [1.807, 2.05) is 19.1 Å². The maximum absolute atomic E-state index is 10.7. The lowest BCUT2D eigenvalue weighted by molar-refractivity contribution is -0.135. The Bertz CT molecular complexity index is 408. The molecule has 4 nitrogen and oxygen atoms in total. The van der Waals surface area contributed by atoms with Crippen LogP contribution in [0.2, 0.25) is 5.02 Å². The highest BCUT2D eigenvalue weighted by Crippen LogP contribution is 2.39. The van der Waals surface area contributed by atoms with Gasteiger partial charge >= 0.3 is 5.97 Å². The van der Waals surface area contributed by atoms with Gasteiger partial charge in [-0.1, -0.05) is 17.7 Å². The van der Waals surface area contributed by atoms with Crippen LogP contribution >= 0.6 is 11.6 Å². The van der Waals surface area contributed by atoms with Crippen molar-refractivity contribution in [3.63, 3.8) is 0 Å². The van der Waals surface area contributed by atoms with Gasteiger partial charge in [-0.15, -0.1) is 0 Å². The molecule has 1 atom stereocenters. The zero-order valence-corrected chi connectivity index (χ0v) is 8.95. The van der Waals surface area contributed by atoms with Crippen LogP contribution in [-0.2, 0) is 4.79 Å². The van der Waals surface area contributed by atoms with Crippen LogP contribution in [0.3, 0.4) is 0 Å². The third kappa shape index (κ3) is 1.72. The fraction of sp³-hybridized carbons (Fsp3) is 0.300. The van der Waals surface area contributed by atoms with Crippen molar-refractivity contribution in [2.24, 2.45) is 0 Å². The summed E-state index contributed by atoms with van der Waals surface area (Å²) in [6, 6.07) is 5.49. The van der Waals surface area contributed by atoms with E-state index in [2.05, 4.69) is 5.32 Å². The molecule has 15 heavy (non-hydrogen) atoms. The van der Waals surface area contributed by atoms with Crippen LogP contribution in [0.5, 0.6) is 0 Å². The first-order chi connectivity index (χ1) is 7.09. The highest BCUT2D eigenvalue weighted by Gasteiger charge is 2.28. The number of hydrogen-bond acceptors (Lipinski definition) is 3. The lowest BCUT2D eigenvalue weighted by Crippen LogP contribution is -2.37. The summed E-state index contributed by atoms with van der Waals surface area (Å²) >= 11 is 6.04. The molecule has 2 rings (SSSR count). The first kappa shape index (κ1) is 10.1. The van der Waals surface area contributed by atoms with Gasteiger partial charge in [-0.2, -0.15) is 0 Å². The summed E-state index contributed by atoms with van der Waals surface area (Å²) in [7, 11) is 0. The normalized spacial score (nSPS) is 18.5. The van der Waals surface area contributed by atoms with Gasteiger partial charge in [0, 0.05) is 0 Å². The molecule has 0 aliphatic carbocycles. The molecule has 0 fully saturated rings. The molecule has 5 heteroatoms. The summed E-state index contributed by atoms with van der Waals surface area (Å²) in [6.07, 6.45) is -0.0454. The lowest BCUT2D eigenvalue weighted by atomic mass is 10.2. The maximum Gasteiger partial charge on any atom is 0.323 e. The average Bonchev–Trinajstić information content (AvgIpc) is 2.43. The van der Waals surface area contributed by atoms with Crippen molar-refractivity contribution >= 4 is 28.9 Å². The molecule has 0 saturated heterocycles. The first-order valence-electron chi connectivity index (χ1n) is 4.63. The van der Waals surface area contributed by atoms with E-state index < -0.39 is 5.97 Å². The monoisotopic (exact) mass is 226 g/mol. The number of carboxylic acids is 1. The Hall–Kier alpha value is -1.42. The fourth-order valence-electron chi connectivity index (χ4n) is 1.78. The second kappa shape index (κ2) is 3.62. The molecule has 0 bridgehead atoms. The van der Waals surface area contributed by atoms with Crippen molar-refractivity contribution < 1.29 is 9.90 Å². The molecule has 80 valence electrons. The van der Waals surface area contributed by atoms with Crippen molar-refractivity contribution in [1.29, 1.82) is 0 Å². The van der Waals surface area contributed by atoms with Crippen LogP contribution in [0.1, 0.15) is 6.92 Å². The first-order valence-corrected chi connectivity index (χ1v) is 5.01. The summed E-state index contributed by atoms with van der Waals surface area (Å²) < 4.78 is 0. The fourth-order valence-corrected chi connectivity index (χ4v) is 2.07. The van der Waals surface area contributed by atoms with Crippen LogP contribution < -0.4 is 10.2 Å². The van der Waals surface area contributed by atoms with Crippen LogP contribution in [0.15, 0.2) is 18.2 Å². The number of para-hydroxylation sites is 1. The molecule has 1 unspecified atom stereocenters. The molecule has 1 heterocycles. The average molecular weight is 227 g/mol. The topological polar surface area (TPSA) is 52.6 Å². The maximum atomic E-state index is 10.7. The number of fused-ring (bicyclic) bond motifs is 1. The Morgan fingerprint density at radius 2 is 2.40 bits per heavy atom. The van der Waals surface area contributed by atoms with Gasteiger partial charge in [-0.3, -0.25) is 4.79 Å². The van der Waals surface area contributed by atoms with Gasteiger partial charge in [-0.25, -0.2) is 0 Å². The predicted octanol–water partition coefficient (Wildman–Crippen LogP) is 2.00. The number of hydrogen-bond donors (Lipinski definition) is 2. The van der Waals surface area contributed by atoms with E-state index in [4.69, 9.17) is 16.7 Å². The number of anilines is 2. The highest BCUT2D eigenvalue weighted by molar-refractivity contribution is 6.34. The van der Waals surface area contributed by atoms with E-state index in [0.29, 0.717) is 5.02 Å². The van der Waals surface area contributed by atoms with Crippen LogP contribution in [0.4, 0.5) is 11.4 Å². The van der Waals surface area contributed by atoms with E-state index in [0.717, 1.165) is 11.4 Å². The van der Waals surface area contributed by atoms with Crippen molar-refractivity contribution in [2.45, 2.75) is 13.1 Å². The molecule has 0 spiro atoms. The Balaban J connectivity index is 2.39. The van der Waals surface area contributed by atoms with Gasteiger partial charge in [0.05, 0.1) is 22.6 Å². The number of carboxylic acid groups (broad SMARTS) is 1. The minimum Gasteiger partial charge on any atom is -0.480 e. The third-order valence-corrected chi connectivity index (χ3v) is 2.72. The van der Waals surface area contributed by atoms with E-state index in [9.17, 15) is 4.79 Å². The van der Waals surface area contributed by atoms with Crippen molar-refractivity contribution in [2.75, 3.05) is 16.8 Å². The standard InChI is InChI=1S/C10H11ClN2O2/c1-6-12-8-4-2-3-7(11)10(8)13(6)5-9(14)15/h2-4,6,12H,5H2,1H3,(H,14,15). The van der Waals surface area contributed by atoms with Gasteiger partial charge in [0.15, 0.2) is 0 Å². The molecule has 0 saturated carbocycles. The molecule has 0 aromatic heterocycles. The van der Waals surface area contributed by atoms with Gasteiger partial charge in [0.25, 0.3) is 0 Å². The summed E-state index contributed by atoms with van der Waals surface area (Å²) in [5.74, 6) is -0.864. The summed E-state index contributed by atoms with van der Waals surface area (Å²) in [5, 5.41) is 12.5. The van der Waals surface area contributed by atoms with Gasteiger partial charge in [-0.05, 0) is 19.1 Å². The molecule has 1 aliphatic rings. The molecule has 1 aliphatic heterocycles. The van der Waals surface area contributed by atoms with Crippen molar-refractivity contribution in [1.82, 2.24) is 0 Å². The van der Waals surface area contributed by atoms with E-state index in [-0.39, 0.29) is 12.7 Å². The number of aliphatic carboxylic acids is 1. The SMILES string of the molecule is CC1Nc2cccc(Cl)c2N1CC(=O)O. The third-order valence-electron chi connectivity index (χ3n) is 2.41. The Labute approximate surface area is 92.5 Å². The lowest BCUT2D eigenvalue weighted by Gasteiger charge is -2.22. The van der Waals surface area contributed by atoms with Gasteiger partial charge < -0.3 is 15.3 Å². The summed E-state index contributed by atoms with van der Waals surface area (Å²) in [5.41, 5.74) is 1.66. The Kier molecular flexibility index (Phi) is 2.44. The number of nitrogens with one attached hydrogen (secondary N) is 1. The minimum absolute atomic E-state index is 0.0454. The Morgan fingerprint density at radius 3 is 3.07 bits per heavy atom. The number of carbonyl (C=O) groups is 1. The van der Waals surface area contributed by atoms with Gasteiger partial charge in [0.1, 0.15) is 6.54 Å². The molecular weight excluding hydrogens is 216 g/mol. The van der Waals surface area contributed by atoms with Crippen LogP contribution in [-0.4, -0.2) is 23.8 Å². The molecule has 2 N–H and O–H groups in total. The van der Waals surface area contributed by atoms with E-state index in [1.165, 1.54) is 0 Å². The Morgan fingerprint density at radius 1 is 1.67 bits per heavy atom. The van der Waals surface area contributed by atoms with Crippen molar-refractivity contribution in [3.05, 3.63) is 23.2 Å². The number of nitrogens with zero attached hydrogens (tertiary/aromatic N) is 1. The zero-order chi connectivity index (χ0) is 11.0. The minimum atomic E-state index is -0.864. The predicted molar refractivity (Wildman–Crippen MR) is 59.5 cm³/mol. The quantitative estimate of drug-likeness (QED) is 0.810. The molecule has 1 aromatic carbocycles. The second-order valence-electron chi connectivity index (χ2n) is 3.48. The van der Waals surface area contributed by atoms with Crippen molar-refractivity contribution in [3.8, 4) is 0 Å². The molecular formula is C10H11ClN2O2. The van der Waals surface area contributed by atoms with Crippen LogP contribution in [0.25, 0.3) is 0 Å². The largest absolute Gasteiger partial charge is 0.480 e.